The molecule has 3 heteroatoms. The first-order valence-electron chi connectivity index (χ1n) is 5.85. The van der Waals surface area contributed by atoms with Gasteiger partial charge in [-0.05, 0) is 26.1 Å². The van der Waals surface area contributed by atoms with E-state index in [1.807, 2.05) is 6.21 Å². The van der Waals surface area contributed by atoms with E-state index in [1.54, 1.807) is 0 Å². The zero-order valence-corrected chi connectivity index (χ0v) is 9.02. The lowest BCUT2D eigenvalue weighted by molar-refractivity contribution is -0.0351. The predicted molar refractivity (Wildman–Crippen MR) is 57.9 cm³/mol. The summed E-state index contributed by atoms with van der Waals surface area (Å²) in [5, 5.41) is 0. The van der Waals surface area contributed by atoms with Gasteiger partial charge in [0.05, 0.1) is 6.10 Å². The maximum Gasteiger partial charge on any atom is 0.169 e. The van der Waals surface area contributed by atoms with Gasteiger partial charge < -0.3 is 9.64 Å². The minimum atomic E-state index is -0.137. The predicted octanol–water partition coefficient (Wildman–Crippen LogP) is 1.06. The van der Waals surface area contributed by atoms with Crippen molar-refractivity contribution < 1.29 is 4.74 Å². The van der Waals surface area contributed by atoms with Crippen LogP contribution in [0.3, 0.4) is 0 Å². The third-order valence-electron chi connectivity index (χ3n) is 4.67. The second-order valence-corrected chi connectivity index (χ2v) is 5.45. The highest BCUT2D eigenvalue weighted by atomic mass is 16.5. The van der Waals surface area contributed by atoms with Gasteiger partial charge in [-0.3, -0.25) is 4.99 Å². The zero-order valence-electron chi connectivity index (χ0n) is 9.02. The maximum absolute atomic E-state index is 6.20. The van der Waals surface area contributed by atoms with Crippen LogP contribution in [0.1, 0.15) is 12.8 Å². The van der Waals surface area contributed by atoms with Crippen LogP contribution in [0.25, 0.3) is 0 Å². The molecule has 4 unspecified atom stereocenters. The Kier molecular flexibility index (Phi) is 1.33. The molecule has 3 nitrogen and oxygen atoms in total. The highest BCUT2D eigenvalue weighted by Gasteiger charge is 2.78. The largest absolute Gasteiger partial charge is 0.348 e. The van der Waals surface area contributed by atoms with Gasteiger partial charge in [-0.25, -0.2) is 0 Å². The topological polar surface area (TPSA) is 24.8 Å². The van der Waals surface area contributed by atoms with Crippen molar-refractivity contribution in [1.82, 2.24) is 4.90 Å². The number of dihydropyridines is 1. The molecular weight excluding hydrogens is 188 g/mol. The number of likely N-dealkylation sites (tertiary alicyclic amines) is 1. The molecular formula is C12H16N2O. The van der Waals surface area contributed by atoms with Gasteiger partial charge in [0.15, 0.2) is 5.72 Å². The molecule has 1 aliphatic carbocycles. The first-order chi connectivity index (χ1) is 7.26. The fourth-order valence-corrected chi connectivity index (χ4v) is 3.84. The summed E-state index contributed by atoms with van der Waals surface area (Å²) in [6, 6.07) is 0. The molecule has 3 heterocycles. The summed E-state index contributed by atoms with van der Waals surface area (Å²) >= 11 is 0. The van der Waals surface area contributed by atoms with E-state index in [-0.39, 0.29) is 11.1 Å². The molecule has 0 N–H and O–H groups in total. The summed E-state index contributed by atoms with van der Waals surface area (Å²) in [6.07, 6.45) is 9.18. The van der Waals surface area contributed by atoms with Gasteiger partial charge in [-0.15, -0.1) is 0 Å². The van der Waals surface area contributed by atoms with E-state index < -0.39 is 0 Å². The van der Waals surface area contributed by atoms with Crippen molar-refractivity contribution in [3.05, 3.63) is 12.2 Å². The Balaban J connectivity index is 1.73. The molecule has 0 spiro atoms. The van der Waals surface area contributed by atoms with Gasteiger partial charge in [0, 0.05) is 30.5 Å². The van der Waals surface area contributed by atoms with Crippen molar-refractivity contribution in [3.63, 3.8) is 0 Å². The van der Waals surface area contributed by atoms with Crippen molar-refractivity contribution >= 4 is 6.21 Å². The highest BCUT2D eigenvalue weighted by Crippen LogP contribution is 2.73. The summed E-state index contributed by atoms with van der Waals surface area (Å²) in [7, 11) is 2.18. The zero-order chi connectivity index (χ0) is 10.1. The van der Waals surface area contributed by atoms with E-state index in [4.69, 9.17) is 4.74 Å². The summed E-state index contributed by atoms with van der Waals surface area (Å²) in [4.78, 5) is 6.96. The van der Waals surface area contributed by atoms with E-state index in [9.17, 15) is 0 Å². The van der Waals surface area contributed by atoms with Gasteiger partial charge >= 0.3 is 0 Å². The summed E-state index contributed by atoms with van der Waals surface area (Å²) in [5.74, 6) is 0.711. The Morgan fingerprint density at radius 2 is 2.47 bits per heavy atom. The third kappa shape index (κ3) is 0.833. The van der Waals surface area contributed by atoms with Crippen LogP contribution in [0.4, 0.5) is 0 Å². The molecule has 0 radical (unpaired) electrons. The first-order valence-corrected chi connectivity index (χ1v) is 5.85. The number of hydrogen-bond acceptors (Lipinski definition) is 3. The molecule has 0 aromatic heterocycles. The number of piperidine rings is 1. The van der Waals surface area contributed by atoms with Crippen molar-refractivity contribution in [2.75, 3.05) is 20.1 Å². The quantitative estimate of drug-likeness (QED) is 0.589. The van der Waals surface area contributed by atoms with Crippen molar-refractivity contribution in [2.45, 2.75) is 24.7 Å². The summed E-state index contributed by atoms with van der Waals surface area (Å²) in [6.45, 7) is 2.29. The van der Waals surface area contributed by atoms with Gasteiger partial charge in [-0.1, -0.05) is 6.08 Å². The summed E-state index contributed by atoms with van der Waals surface area (Å²) in [5.41, 5.74) is 0.149. The molecule has 0 aromatic rings. The number of rotatable bonds is 0. The van der Waals surface area contributed by atoms with Crippen LogP contribution < -0.4 is 0 Å². The minimum absolute atomic E-state index is 0.137. The number of allylic oxidation sites excluding steroid dienone is 1. The van der Waals surface area contributed by atoms with E-state index in [1.165, 1.54) is 13.0 Å². The Bertz CT molecular complexity index is 378. The lowest BCUT2D eigenvalue weighted by atomic mass is 9.80. The van der Waals surface area contributed by atoms with Crippen LogP contribution in [-0.4, -0.2) is 43.1 Å². The molecule has 0 aromatic carbocycles. The van der Waals surface area contributed by atoms with Gasteiger partial charge in [0.2, 0.25) is 0 Å². The van der Waals surface area contributed by atoms with E-state index in [2.05, 4.69) is 29.1 Å². The molecule has 3 fully saturated rings. The standard InChI is InChI=1S/C12H16N2O/c1-14-6-3-9-10(7-14)15-12-8-11(9,12)4-2-5-13-12/h2,4-5,9-10H,3,6-8H2,1H3. The number of fused-ring (bicyclic) bond motifs is 1. The minimum Gasteiger partial charge on any atom is -0.348 e. The average Bonchev–Trinajstić information content (AvgIpc) is 2.79. The fourth-order valence-electron chi connectivity index (χ4n) is 3.84. The molecule has 0 amide bonds. The van der Waals surface area contributed by atoms with Crippen LogP contribution in [-0.2, 0) is 4.74 Å². The van der Waals surface area contributed by atoms with Crippen molar-refractivity contribution in [3.8, 4) is 0 Å². The van der Waals surface area contributed by atoms with Crippen molar-refractivity contribution in [1.29, 1.82) is 0 Å². The number of nitrogens with zero attached hydrogens (tertiary/aromatic N) is 2. The number of hydrogen-bond donors (Lipinski definition) is 0. The van der Waals surface area contributed by atoms with Gasteiger partial charge in [-0.2, -0.15) is 0 Å². The van der Waals surface area contributed by atoms with Gasteiger partial charge in [0.25, 0.3) is 0 Å². The molecule has 1 saturated carbocycles. The van der Waals surface area contributed by atoms with Crippen LogP contribution in [0.5, 0.6) is 0 Å². The number of aliphatic imine (C=N–C) groups is 1. The number of ether oxygens (including phenoxy) is 1. The second kappa shape index (κ2) is 2.36. The monoisotopic (exact) mass is 204 g/mol. The number of likely N-dealkylation sites (N-methyl/N-ethyl adjacent to an activating group) is 1. The lowest BCUT2D eigenvalue weighted by Crippen LogP contribution is -2.43. The van der Waals surface area contributed by atoms with Crippen LogP contribution in [0.2, 0.25) is 0 Å². The van der Waals surface area contributed by atoms with Gasteiger partial charge in [0.1, 0.15) is 0 Å². The third-order valence-corrected chi connectivity index (χ3v) is 4.67. The first kappa shape index (κ1) is 8.48. The van der Waals surface area contributed by atoms with E-state index in [0.29, 0.717) is 12.0 Å². The maximum atomic E-state index is 6.20. The molecule has 4 rings (SSSR count). The highest BCUT2D eigenvalue weighted by molar-refractivity contribution is 5.75. The lowest BCUT2D eigenvalue weighted by Gasteiger charge is -2.34. The van der Waals surface area contributed by atoms with Crippen LogP contribution in [0.15, 0.2) is 17.1 Å². The van der Waals surface area contributed by atoms with Crippen molar-refractivity contribution in [2.24, 2.45) is 16.3 Å². The molecule has 0 bridgehead atoms. The van der Waals surface area contributed by atoms with Crippen LogP contribution in [0, 0.1) is 11.3 Å². The Morgan fingerprint density at radius 3 is 3.40 bits per heavy atom. The molecule has 3 aliphatic heterocycles. The fraction of sp³-hybridized carbons (Fsp3) is 0.750. The van der Waals surface area contributed by atoms with E-state index >= 15 is 0 Å². The molecule has 15 heavy (non-hydrogen) atoms. The Labute approximate surface area is 89.8 Å². The Morgan fingerprint density at radius 1 is 1.53 bits per heavy atom. The second-order valence-electron chi connectivity index (χ2n) is 5.45. The molecule has 4 aliphatic rings. The Hall–Kier alpha value is -0.670. The molecule has 2 saturated heterocycles. The summed E-state index contributed by atoms with van der Waals surface area (Å²) < 4.78 is 6.20. The van der Waals surface area contributed by atoms with E-state index in [0.717, 1.165) is 13.0 Å². The smallest absolute Gasteiger partial charge is 0.169 e. The SMILES string of the molecule is CN1CCC2C(C1)OC13CC21C=CC=N3. The van der Waals surface area contributed by atoms with Crippen LogP contribution >= 0.6 is 0 Å². The molecule has 4 atom stereocenters. The normalized spacial score (nSPS) is 56.1. The molecule has 80 valence electrons. The average molecular weight is 204 g/mol.